The van der Waals surface area contributed by atoms with Crippen LogP contribution in [0.3, 0.4) is 0 Å². The first-order valence-electron chi connectivity index (χ1n) is 10.9. The Hall–Kier alpha value is -2.57. The van der Waals surface area contributed by atoms with Gasteiger partial charge in [0.1, 0.15) is 0 Å². The van der Waals surface area contributed by atoms with Gasteiger partial charge in [-0.25, -0.2) is 0 Å². The van der Waals surface area contributed by atoms with Crippen molar-refractivity contribution in [3.63, 3.8) is 0 Å². The number of aromatic nitrogens is 1. The van der Waals surface area contributed by atoms with Crippen molar-refractivity contribution in [1.82, 2.24) is 15.6 Å². The molecule has 7 heteroatoms. The third-order valence-electron chi connectivity index (χ3n) is 5.26. The summed E-state index contributed by atoms with van der Waals surface area (Å²) in [6, 6.07) is 14.0. The number of rotatable bonds is 8. The molecule has 0 unspecified atom stereocenters. The van der Waals surface area contributed by atoms with Crippen LogP contribution in [-0.2, 0) is 17.6 Å². The van der Waals surface area contributed by atoms with Crippen molar-refractivity contribution in [2.45, 2.75) is 40.0 Å². The van der Waals surface area contributed by atoms with Crippen LogP contribution in [0.1, 0.15) is 38.3 Å². The number of H-pyrrole nitrogens is 1. The highest BCUT2D eigenvalue weighted by atomic mass is 35.5. The molecular weight excluding hydrogens is 440 g/mol. The number of aromatic amines is 1. The van der Waals surface area contributed by atoms with Crippen LogP contribution >= 0.6 is 23.8 Å². The van der Waals surface area contributed by atoms with Crippen molar-refractivity contribution in [2.75, 3.05) is 18.4 Å². The van der Waals surface area contributed by atoms with Crippen LogP contribution in [0.25, 0.3) is 10.9 Å². The molecule has 0 fully saturated rings. The molecule has 3 aromatic rings. The summed E-state index contributed by atoms with van der Waals surface area (Å²) in [6.07, 6.45) is 4.52. The van der Waals surface area contributed by atoms with Gasteiger partial charge < -0.3 is 20.9 Å². The molecule has 0 radical (unpaired) electrons. The minimum atomic E-state index is -0.382. The van der Waals surface area contributed by atoms with E-state index in [1.54, 1.807) is 0 Å². The predicted molar refractivity (Wildman–Crippen MR) is 138 cm³/mol. The summed E-state index contributed by atoms with van der Waals surface area (Å²) in [5.41, 5.74) is 4.03. The number of fused-ring (bicyclic) bond motifs is 1. The van der Waals surface area contributed by atoms with E-state index in [0.717, 1.165) is 42.6 Å². The standard InChI is InChI=1S/C25H31ClN4OS/c1-25(2,3)23(31)27-13-6-7-17-15-19(26)10-11-21(17)30-24(32)28-14-12-18-16-29-22-9-5-4-8-20(18)22/h4-5,8-11,15-16,29H,6-7,12-14H2,1-3H3,(H,27,31)(H2,28,30,32). The lowest BCUT2D eigenvalue weighted by atomic mass is 9.95. The first-order chi connectivity index (χ1) is 15.2. The zero-order valence-electron chi connectivity index (χ0n) is 18.8. The monoisotopic (exact) mass is 470 g/mol. The minimum absolute atomic E-state index is 0.0579. The van der Waals surface area contributed by atoms with Crippen LogP contribution in [0, 0.1) is 5.41 Å². The topological polar surface area (TPSA) is 69.0 Å². The zero-order valence-corrected chi connectivity index (χ0v) is 20.4. The molecule has 0 aliphatic rings. The Morgan fingerprint density at radius 2 is 1.81 bits per heavy atom. The van der Waals surface area contributed by atoms with Crippen LogP contribution in [-0.4, -0.2) is 29.1 Å². The van der Waals surface area contributed by atoms with E-state index in [4.69, 9.17) is 23.8 Å². The first kappa shape index (κ1) is 24.1. The number of amides is 1. The van der Waals surface area contributed by atoms with E-state index in [-0.39, 0.29) is 11.3 Å². The molecule has 2 aromatic carbocycles. The van der Waals surface area contributed by atoms with Crippen molar-refractivity contribution in [1.29, 1.82) is 0 Å². The molecule has 1 aromatic heterocycles. The Labute approximate surface area is 200 Å². The number of hydrogen-bond donors (Lipinski definition) is 4. The lowest BCUT2D eigenvalue weighted by molar-refractivity contribution is -0.128. The minimum Gasteiger partial charge on any atom is -0.362 e. The summed E-state index contributed by atoms with van der Waals surface area (Å²) in [4.78, 5) is 15.3. The molecule has 170 valence electrons. The maximum atomic E-state index is 12.0. The van der Waals surface area contributed by atoms with Crippen LogP contribution in [0.2, 0.25) is 5.02 Å². The molecule has 0 saturated carbocycles. The maximum absolute atomic E-state index is 12.0. The number of carbonyl (C=O) groups is 1. The third-order valence-corrected chi connectivity index (χ3v) is 5.74. The predicted octanol–water partition coefficient (Wildman–Crippen LogP) is 5.45. The number of carbonyl (C=O) groups excluding carboxylic acids is 1. The molecule has 4 N–H and O–H groups in total. The van der Waals surface area contributed by atoms with Gasteiger partial charge in [-0.1, -0.05) is 50.6 Å². The molecule has 0 spiro atoms. The Kier molecular flexibility index (Phi) is 8.15. The van der Waals surface area contributed by atoms with Crippen LogP contribution in [0.5, 0.6) is 0 Å². The van der Waals surface area contributed by atoms with Crippen LogP contribution < -0.4 is 16.0 Å². The van der Waals surface area contributed by atoms with Gasteiger partial charge in [0.05, 0.1) is 0 Å². The largest absolute Gasteiger partial charge is 0.362 e. The molecule has 0 aliphatic carbocycles. The SMILES string of the molecule is CC(C)(C)C(=O)NCCCc1cc(Cl)ccc1NC(=S)NCCc1c[nH]c2ccccc12. The lowest BCUT2D eigenvalue weighted by Crippen LogP contribution is -2.35. The smallest absolute Gasteiger partial charge is 0.225 e. The highest BCUT2D eigenvalue weighted by Gasteiger charge is 2.20. The fraction of sp³-hybridized carbons (Fsp3) is 0.360. The fourth-order valence-electron chi connectivity index (χ4n) is 3.45. The third kappa shape index (κ3) is 6.71. The molecular formula is C25H31ClN4OS. The Balaban J connectivity index is 1.50. The normalized spacial score (nSPS) is 11.4. The van der Waals surface area contributed by atoms with Crippen LogP contribution in [0.4, 0.5) is 5.69 Å². The number of halogens is 1. The van der Waals surface area contributed by atoms with Gasteiger partial charge in [0.25, 0.3) is 0 Å². The van der Waals surface area contributed by atoms with Crippen molar-refractivity contribution in [3.8, 4) is 0 Å². The van der Waals surface area contributed by atoms with E-state index in [9.17, 15) is 4.79 Å². The Morgan fingerprint density at radius 3 is 2.59 bits per heavy atom. The molecule has 0 atom stereocenters. The van der Waals surface area contributed by atoms with Crippen molar-refractivity contribution >= 4 is 51.4 Å². The van der Waals surface area contributed by atoms with Crippen LogP contribution in [0.15, 0.2) is 48.7 Å². The number of anilines is 1. The maximum Gasteiger partial charge on any atom is 0.225 e. The van der Waals surface area contributed by atoms with Gasteiger partial charge in [-0.3, -0.25) is 4.79 Å². The second-order valence-corrected chi connectivity index (χ2v) is 9.75. The number of hydrogen-bond acceptors (Lipinski definition) is 2. The first-order valence-corrected chi connectivity index (χ1v) is 11.7. The number of aryl methyl sites for hydroxylation is 1. The molecule has 0 aliphatic heterocycles. The molecule has 1 amide bonds. The summed E-state index contributed by atoms with van der Waals surface area (Å²) in [7, 11) is 0. The molecule has 0 saturated heterocycles. The van der Waals surface area contributed by atoms with E-state index in [2.05, 4.69) is 45.3 Å². The van der Waals surface area contributed by atoms with Gasteiger partial charge >= 0.3 is 0 Å². The van der Waals surface area contributed by atoms with E-state index in [1.807, 2.05) is 45.0 Å². The summed E-state index contributed by atoms with van der Waals surface area (Å²) in [5, 5.41) is 12.1. The highest BCUT2D eigenvalue weighted by Crippen LogP contribution is 2.22. The average Bonchev–Trinajstić information content (AvgIpc) is 3.15. The average molecular weight is 471 g/mol. The van der Waals surface area contributed by atoms with E-state index in [0.29, 0.717) is 16.7 Å². The number of para-hydroxylation sites is 1. The van der Waals surface area contributed by atoms with Gasteiger partial charge in [-0.05, 0) is 66.9 Å². The van der Waals surface area contributed by atoms with Gasteiger partial charge in [0.15, 0.2) is 5.11 Å². The van der Waals surface area contributed by atoms with Gasteiger partial charge in [0, 0.05) is 46.3 Å². The quantitative estimate of drug-likeness (QED) is 0.261. The summed E-state index contributed by atoms with van der Waals surface area (Å²) >= 11 is 11.7. The molecule has 3 rings (SSSR count). The fourth-order valence-corrected chi connectivity index (χ4v) is 3.86. The van der Waals surface area contributed by atoms with Gasteiger partial charge in [-0.2, -0.15) is 0 Å². The van der Waals surface area contributed by atoms with E-state index in [1.165, 1.54) is 10.9 Å². The van der Waals surface area contributed by atoms with Crippen molar-refractivity contribution < 1.29 is 4.79 Å². The Morgan fingerprint density at radius 1 is 1.03 bits per heavy atom. The summed E-state index contributed by atoms with van der Waals surface area (Å²) in [6.45, 7) is 7.08. The van der Waals surface area contributed by atoms with Crippen molar-refractivity contribution in [2.24, 2.45) is 5.41 Å². The molecule has 32 heavy (non-hydrogen) atoms. The second kappa shape index (κ2) is 10.8. The number of nitrogens with one attached hydrogen (secondary N) is 4. The number of thiocarbonyl (C=S) groups is 1. The zero-order chi connectivity index (χ0) is 23.1. The molecule has 0 bridgehead atoms. The van der Waals surface area contributed by atoms with E-state index >= 15 is 0 Å². The van der Waals surface area contributed by atoms with E-state index < -0.39 is 0 Å². The molecule has 5 nitrogen and oxygen atoms in total. The van der Waals surface area contributed by atoms with Gasteiger partial charge in [0.2, 0.25) is 5.91 Å². The summed E-state index contributed by atoms with van der Waals surface area (Å²) < 4.78 is 0. The summed E-state index contributed by atoms with van der Waals surface area (Å²) in [5.74, 6) is 0.0579. The number of benzene rings is 2. The highest BCUT2D eigenvalue weighted by molar-refractivity contribution is 7.80. The molecule has 1 heterocycles. The lowest BCUT2D eigenvalue weighted by Gasteiger charge is -2.18. The van der Waals surface area contributed by atoms with Crippen molar-refractivity contribution in [3.05, 3.63) is 64.8 Å². The second-order valence-electron chi connectivity index (χ2n) is 8.90. The Bertz CT molecular complexity index is 1090. The van der Waals surface area contributed by atoms with Gasteiger partial charge in [-0.15, -0.1) is 0 Å².